The smallest absolute Gasteiger partial charge is 0.323 e. The zero-order valence-electron chi connectivity index (χ0n) is 12.1. The maximum atomic E-state index is 13.9. The van der Waals surface area contributed by atoms with Gasteiger partial charge in [-0.3, -0.25) is 9.59 Å². The molecule has 1 N–H and O–H groups in total. The maximum absolute atomic E-state index is 13.9. The highest BCUT2D eigenvalue weighted by atomic mass is 35.5. The number of halogens is 2. The van der Waals surface area contributed by atoms with Crippen LogP contribution in [-0.4, -0.2) is 21.6 Å². The molecule has 0 spiro atoms. The molecule has 0 aliphatic carbocycles. The van der Waals surface area contributed by atoms with Gasteiger partial charge < -0.3 is 9.67 Å². The number of thiazole rings is 1. The van der Waals surface area contributed by atoms with Crippen LogP contribution in [0.25, 0.3) is 10.2 Å². The molecule has 0 saturated heterocycles. The minimum atomic E-state index is -1.12. The monoisotopic (exact) mass is 364 g/mol. The molecule has 0 unspecified atom stereocenters. The van der Waals surface area contributed by atoms with Crippen LogP contribution < -0.4 is 4.80 Å². The fourth-order valence-electron chi connectivity index (χ4n) is 2.20. The average molecular weight is 365 g/mol. The highest BCUT2D eigenvalue weighted by Gasteiger charge is 2.14. The minimum Gasteiger partial charge on any atom is -0.480 e. The van der Waals surface area contributed by atoms with Crippen molar-refractivity contribution in [2.75, 3.05) is 0 Å². The molecule has 0 fully saturated rings. The lowest BCUT2D eigenvalue weighted by molar-refractivity contribution is -0.137. The van der Waals surface area contributed by atoms with Gasteiger partial charge >= 0.3 is 5.97 Å². The van der Waals surface area contributed by atoms with Crippen LogP contribution in [0.2, 0.25) is 5.02 Å². The van der Waals surface area contributed by atoms with Crippen molar-refractivity contribution in [3.63, 3.8) is 0 Å². The van der Waals surface area contributed by atoms with E-state index in [4.69, 9.17) is 16.7 Å². The molecule has 1 aromatic heterocycles. The maximum Gasteiger partial charge on any atom is 0.323 e. The van der Waals surface area contributed by atoms with Gasteiger partial charge in [0.25, 0.3) is 5.91 Å². The quantitative estimate of drug-likeness (QED) is 0.775. The number of nitrogens with zero attached hydrogens (tertiary/aromatic N) is 2. The second kappa shape index (κ2) is 6.54. The fraction of sp³-hybridized carbons (Fsp3) is 0.0625. The summed E-state index contributed by atoms with van der Waals surface area (Å²) in [7, 11) is 0. The Hall–Kier alpha value is -2.51. The topological polar surface area (TPSA) is 71.7 Å². The minimum absolute atomic E-state index is 0.113. The molecular formula is C16H10ClFN2O3S. The van der Waals surface area contributed by atoms with Gasteiger partial charge in [0.05, 0.1) is 10.2 Å². The first-order valence-electron chi connectivity index (χ1n) is 6.80. The van der Waals surface area contributed by atoms with E-state index >= 15 is 0 Å². The highest BCUT2D eigenvalue weighted by Crippen LogP contribution is 2.21. The summed E-state index contributed by atoms with van der Waals surface area (Å²) in [6.45, 7) is -0.425. The Morgan fingerprint density at radius 1 is 1.25 bits per heavy atom. The molecule has 8 heteroatoms. The van der Waals surface area contributed by atoms with Crippen LogP contribution >= 0.6 is 22.9 Å². The third kappa shape index (κ3) is 3.22. The lowest BCUT2D eigenvalue weighted by Crippen LogP contribution is -2.21. The Labute approximate surface area is 144 Å². The third-order valence-electron chi connectivity index (χ3n) is 3.22. The van der Waals surface area contributed by atoms with Gasteiger partial charge in [-0.25, -0.2) is 4.39 Å². The summed E-state index contributed by atoms with van der Waals surface area (Å²) in [5.74, 6) is -2.19. The average Bonchev–Trinajstić information content (AvgIpc) is 2.86. The molecule has 0 atom stereocenters. The third-order valence-corrected chi connectivity index (χ3v) is 4.56. The SMILES string of the molecule is O=C(O)Cn1c(=NC(=O)c2cccc(Cl)c2)sc2c(F)cccc21. The molecule has 0 saturated carbocycles. The zero-order chi connectivity index (χ0) is 17.3. The van der Waals surface area contributed by atoms with E-state index in [2.05, 4.69) is 4.99 Å². The number of benzene rings is 2. The van der Waals surface area contributed by atoms with Crippen molar-refractivity contribution >= 4 is 45.0 Å². The van der Waals surface area contributed by atoms with Crippen molar-refractivity contribution in [2.24, 2.45) is 4.99 Å². The molecule has 24 heavy (non-hydrogen) atoms. The summed E-state index contributed by atoms with van der Waals surface area (Å²) in [5, 5.41) is 9.46. The number of aliphatic carboxylic acids is 1. The second-order valence-electron chi connectivity index (χ2n) is 4.88. The number of hydrogen-bond donors (Lipinski definition) is 1. The molecule has 1 amide bonds. The number of amides is 1. The number of aromatic nitrogens is 1. The summed E-state index contributed by atoms with van der Waals surface area (Å²) in [6.07, 6.45) is 0. The normalized spacial score (nSPS) is 11.8. The summed E-state index contributed by atoms with van der Waals surface area (Å²) in [5.41, 5.74) is 0.641. The Bertz CT molecular complexity index is 1030. The van der Waals surface area contributed by atoms with Gasteiger partial charge in [-0.15, -0.1) is 0 Å². The van der Waals surface area contributed by atoms with Gasteiger partial charge in [0.1, 0.15) is 12.4 Å². The van der Waals surface area contributed by atoms with E-state index in [1.807, 2.05) is 0 Å². The van der Waals surface area contributed by atoms with Gasteiger partial charge in [-0.2, -0.15) is 4.99 Å². The predicted octanol–water partition coefficient (Wildman–Crippen LogP) is 3.32. The second-order valence-corrected chi connectivity index (χ2v) is 6.29. The van der Waals surface area contributed by atoms with Crippen LogP contribution in [0.4, 0.5) is 4.39 Å². The Balaban J connectivity index is 2.19. The molecular weight excluding hydrogens is 355 g/mol. The lowest BCUT2D eigenvalue weighted by atomic mass is 10.2. The first-order valence-corrected chi connectivity index (χ1v) is 7.99. The van der Waals surface area contributed by atoms with Crippen molar-refractivity contribution in [1.29, 1.82) is 0 Å². The van der Waals surface area contributed by atoms with E-state index in [9.17, 15) is 14.0 Å². The van der Waals surface area contributed by atoms with E-state index < -0.39 is 24.2 Å². The van der Waals surface area contributed by atoms with Crippen molar-refractivity contribution in [3.05, 3.63) is 63.7 Å². The fourth-order valence-corrected chi connectivity index (χ4v) is 3.43. The molecule has 0 aliphatic heterocycles. The number of carbonyl (C=O) groups is 2. The molecule has 2 aromatic carbocycles. The standard InChI is InChI=1S/C16H10ClFN2O3S/c17-10-4-1-3-9(7-10)15(23)19-16-20(8-13(21)22)12-6-2-5-11(18)14(12)24-16/h1-7H,8H2,(H,21,22). The van der Waals surface area contributed by atoms with Crippen LogP contribution in [0, 0.1) is 5.82 Å². The van der Waals surface area contributed by atoms with Gasteiger partial charge in [0.15, 0.2) is 4.80 Å². The molecule has 5 nitrogen and oxygen atoms in total. The summed E-state index contributed by atoms with van der Waals surface area (Å²) < 4.78 is 15.5. The van der Waals surface area contributed by atoms with Gasteiger partial charge in [-0.05, 0) is 30.3 Å². The van der Waals surface area contributed by atoms with E-state index in [-0.39, 0.29) is 15.1 Å². The van der Waals surface area contributed by atoms with Crippen LogP contribution in [0.3, 0.4) is 0 Å². The van der Waals surface area contributed by atoms with Crippen molar-refractivity contribution < 1.29 is 19.1 Å². The van der Waals surface area contributed by atoms with E-state index in [1.54, 1.807) is 24.3 Å². The largest absolute Gasteiger partial charge is 0.480 e. The molecule has 122 valence electrons. The van der Waals surface area contributed by atoms with Gasteiger partial charge in [0, 0.05) is 10.6 Å². The molecule has 1 heterocycles. The number of carboxylic acids is 1. The molecule has 3 aromatic rings. The molecule has 0 radical (unpaired) electrons. The van der Waals surface area contributed by atoms with Gasteiger partial charge in [0.2, 0.25) is 0 Å². The van der Waals surface area contributed by atoms with Crippen LogP contribution in [0.5, 0.6) is 0 Å². The van der Waals surface area contributed by atoms with Crippen molar-refractivity contribution in [2.45, 2.75) is 6.54 Å². The van der Waals surface area contributed by atoms with Crippen LogP contribution in [0.15, 0.2) is 47.5 Å². The summed E-state index contributed by atoms with van der Waals surface area (Å²) in [6, 6.07) is 10.6. The number of fused-ring (bicyclic) bond motifs is 1. The van der Waals surface area contributed by atoms with Gasteiger partial charge in [-0.1, -0.05) is 35.1 Å². The lowest BCUT2D eigenvalue weighted by Gasteiger charge is -2.01. The zero-order valence-corrected chi connectivity index (χ0v) is 13.6. The van der Waals surface area contributed by atoms with Crippen molar-refractivity contribution in [1.82, 2.24) is 4.57 Å². The first-order chi connectivity index (χ1) is 11.5. The molecule has 0 bridgehead atoms. The van der Waals surface area contributed by atoms with Crippen LogP contribution in [-0.2, 0) is 11.3 Å². The molecule has 0 aliphatic rings. The Morgan fingerprint density at radius 3 is 2.71 bits per heavy atom. The number of hydrogen-bond acceptors (Lipinski definition) is 3. The number of rotatable bonds is 3. The highest BCUT2D eigenvalue weighted by molar-refractivity contribution is 7.16. The Kier molecular flexibility index (Phi) is 4.46. The van der Waals surface area contributed by atoms with E-state index in [0.29, 0.717) is 10.5 Å². The van der Waals surface area contributed by atoms with E-state index in [0.717, 1.165) is 11.3 Å². The Morgan fingerprint density at radius 2 is 2.00 bits per heavy atom. The van der Waals surface area contributed by atoms with Crippen molar-refractivity contribution in [3.8, 4) is 0 Å². The summed E-state index contributed by atoms with van der Waals surface area (Å²) >= 11 is 6.78. The number of carboxylic acid groups (broad SMARTS) is 1. The van der Waals surface area contributed by atoms with Crippen LogP contribution in [0.1, 0.15) is 10.4 Å². The predicted molar refractivity (Wildman–Crippen MR) is 88.8 cm³/mol. The molecule has 3 rings (SSSR count). The number of carbonyl (C=O) groups excluding carboxylic acids is 1. The first kappa shape index (κ1) is 16.4. The summed E-state index contributed by atoms with van der Waals surface area (Å²) in [4.78, 5) is 27.5. The van der Waals surface area contributed by atoms with E-state index in [1.165, 1.54) is 22.8 Å².